The van der Waals surface area contributed by atoms with Crippen LogP contribution in [0, 0.1) is 23.2 Å². The van der Waals surface area contributed by atoms with E-state index in [1.807, 2.05) is 24.3 Å². The molecule has 5 heteroatoms. The van der Waals surface area contributed by atoms with Crippen molar-refractivity contribution in [2.45, 2.75) is 58.3 Å². The summed E-state index contributed by atoms with van der Waals surface area (Å²) in [6.07, 6.45) is 9.65. The summed E-state index contributed by atoms with van der Waals surface area (Å²) in [4.78, 5) is 17.6. The lowest BCUT2D eigenvalue weighted by Crippen LogP contribution is -2.47. The molecule has 2 aromatic carbocycles. The summed E-state index contributed by atoms with van der Waals surface area (Å²) in [7, 11) is 0. The van der Waals surface area contributed by atoms with Crippen molar-refractivity contribution in [1.82, 2.24) is 4.98 Å². The number of halogens is 1. The molecule has 32 heavy (non-hydrogen) atoms. The molecular weight excluding hydrogens is 464 g/mol. The fourth-order valence-electron chi connectivity index (χ4n) is 7.12. The number of carbonyl (C=O) groups excluding carboxylic acids is 1. The van der Waals surface area contributed by atoms with E-state index >= 15 is 0 Å². The number of fused-ring (bicyclic) bond motifs is 1. The Kier molecular flexibility index (Phi) is 4.94. The summed E-state index contributed by atoms with van der Waals surface area (Å²) in [5.74, 6) is 3.38. The van der Waals surface area contributed by atoms with Crippen molar-refractivity contribution in [3.05, 3.63) is 46.4 Å². The molecule has 4 aliphatic rings. The second kappa shape index (κ2) is 7.72. The summed E-state index contributed by atoms with van der Waals surface area (Å²) in [6, 6.07) is 12.0. The Hall–Kier alpha value is -2.14. The van der Waals surface area contributed by atoms with Crippen molar-refractivity contribution in [2.24, 2.45) is 23.2 Å². The van der Waals surface area contributed by atoms with E-state index in [-0.39, 0.29) is 11.3 Å². The molecule has 166 valence electrons. The van der Waals surface area contributed by atoms with Crippen LogP contribution < -0.4 is 5.32 Å². The lowest BCUT2D eigenvalue weighted by atomic mass is 9.49. The zero-order chi connectivity index (χ0) is 21.9. The average Bonchev–Trinajstić information content (AvgIpc) is 3.17. The first-order valence-corrected chi connectivity index (χ1v) is 12.8. The van der Waals surface area contributed by atoms with E-state index in [9.17, 15) is 4.79 Å². The molecule has 1 N–H and O–H groups in total. The van der Waals surface area contributed by atoms with E-state index in [2.05, 4.69) is 45.3 Å². The fourth-order valence-corrected chi connectivity index (χ4v) is 7.70. The predicted molar refractivity (Wildman–Crippen MR) is 130 cm³/mol. The van der Waals surface area contributed by atoms with Gasteiger partial charge in [-0.05, 0) is 126 Å². The Morgan fingerprint density at radius 1 is 1.09 bits per heavy atom. The van der Waals surface area contributed by atoms with Gasteiger partial charge in [0.1, 0.15) is 5.52 Å². The Morgan fingerprint density at radius 2 is 1.75 bits per heavy atom. The molecule has 0 atom stereocenters. The van der Waals surface area contributed by atoms with Crippen molar-refractivity contribution in [3.63, 3.8) is 0 Å². The Balaban J connectivity index is 1.16. The lowest BCUT2D eigenvalue weighted by Gasteiger charge is -2.56. The standard InChI is InChI=1S/C27H29BrN2O2/c1-2-16-10-22(28)25-23(11-16)30-26(32-25)20-3-5-21(6-4-20)29-24(31)15-27-12-17-7-18(13-27)9-19(8-17)14-27/h3-6,10-11,17-19H,2,7-9,12-15H2,1H3,(H,29,31). The maximum Gasteiger partial charge on any atom is 0.227 e. The largest absolute Gasteiger partial charge is 0.435 e. The molecular formula is C27H29BrN2O2. The van der Waals surface area contributed by atoms with Crippen LogP contribution in [0.25, 0.3) is 22.6 Å². The summed E-state index contributed by atoms with van der Waals surface area (Å²) in [5.41, 5.74) is 4.87. The van der Waals surface area contributed by atoms with E-state index in [1.54, 1.807) is 0 Å². The number of aromatic nitrogens is 1. The molecule has 1 amide bonds. The number of carbonyl (C=O) groups is 1. The minimum Gasteiger partial charge on any atom is -0.435 e. The molecule has 0 saturated heterocycles. The smallest absolute Gasteiger partial charge is 0.227 e. The van der Waals surface area contributed by atoms with Gasteiger partial charge in [0.15, 0.2) is 5.58 Å². The highest BCUT2D eigenvalue weighted by molar-refractivity contribution is 9.10. The predicted octanol–water partition coefficient (Wildman–Crippen LogP) is 7.36. The van der Waals surface area contributed by atoms with Crippen molar-refractivity contribution in [3.8, 4) is 11.5 Å². The number of oxazole rings is 1. The molecule has 0 radical (unpaired) electrons. The zero-order valence-corrected chi connectivity index (χ0v) is 20.1. The van der Waals surface area contributed by atoms with Gasteiger partial charge in [0.25, 0.3) is 0 Å². The van der Waals surface area contributed by atoms with Gasteiger partial charge in [-0.3, -0.25) is 4.79 Å². The second-order valence-corrected chi connectivity index (χ2v) is 11.4. The summed E-state index contributed by atoms with van der Waals surface area (Å²) < 4.78 is 6.95. The van der Waals surface area contributed by atoms with E-state index in [1.165, 1.54) is 44.1 Å². The fraction of sp³-hybridized carbons (Fsp3) is 0.481. The maximum absolute atomic E-state index is 12.9. The average molecular weight is 493 g/mol. The summed E-state index contributed by atoms with van der Waals surface area (Å²) >= 11 is 3.60. The van der Waals surface area contributed by atoms with E-state index in [4.69, 9.17) is 4.42 Å². The molecule has 4 aliphatic carbocycles. The zero-order valence-electron chi connectivity index (χ0n) is 18.5. The Bertz CT molecular complexity index is 1150. The van der Waals surface area contributed by atoms with Crippen LogP contribution in [0.2, 0.25) is 0 Å². The van der Waals surface area contributed by atoms with Crippen molar-refractivity contribution >= 4 is 38.6 Å². The van der Waals surface area contributed by atoms with E-state index in [0.717, 1.165) is 51.0 Å². The van der Waals surface area contributed by atoms with Crippen LogP contribution in [0.1, 0.15) is 57.4 Å². The van der Waals surface area contributed by atoms with E-state index in [0.29, 0.717) is 12.3 Å². The molecule has 0 unspecified atom stereocenters. The molecule has 7 rings (SSSR count). The third-order valence-electron chi connectivity index (χ3n) is 8.03. The molecule has 4 fully saturated rings. The number of hydrogen-bond acceptors (Lipinski definition) is 3. The molecule has 4 bridgehead atoms. The van der Waals surface area contributed by atoms with E-state index < -0.39 is 0 Å². The van der Waals surface area contributed by atoms with Gasteiger partial charge in [0.05, 0.1) is 4.47 Å². The maximum atomic E-state index is 12.9. The highest BCUT2D eigenvalue weighted by atomic mass is 79.9. The Morgan fingerprint density at radius 3 is 2.38 bits per heavy atom. The van der Waals surface area contributed by atoms with Crippen LogP contribution >= 0.6 is 15.9 Å². The number of nitrogens with one attached hydrogen (secondary N) is 1. The highest BCUT2D eigenvalue weighted by Gasteiger charge is 2.51. The minimum absolute atomic E-state index is 0.164. The van der Waals surface area contributed by atoms with Gasteiger partial charge < -0.3 is 9.73 Å². The van der Waals surface area contributed by atoms with Gasteiger partial charge in [0.2, 0.25) is 11.8 Å². The van der Waals surface area contributed by atoms with Crippen molar-refractivity contribution in [2.75, 3.05) is 5.32 Å². The molecule has 4 saturated carbocycles. The first-order chi connectivity index (χ1) is 15.5. The molecule has 0 aliphatic heterocycles. The molecule has 3 aromatic rings. The van der Waals surface area contributed by atoms with Gasteiger partial charge in [-0.15, -0.1) is 0 Å². The Labute approximate surface area is 197 Å². The highest BCUT2D eigenvalue weighted by Crippen LogP contribution is 2.61. The van der Waals surface area contributed by atoms with Crippen LogP contribution in [-0.2, 0) is 11.2 Å². The number of benzene rings is 2. The van der Waals surface area contributed by atoms with Gasteiger partial charge in [-0.2, -0.15) is 0 Å². The number of rotatable bonds is 5. The third-order valence-corrected chi connectivity index (χ3v) is 8.62. The molecule has 1 aromatic heterocycles. The van der Waals surface area contributed by atoms with Crippen molar-refractivity contribution in [1.29, 1.82) is 0 Å². The topological polar surface area (TPSA) is 55.1 Å². The molecule has 1 heterocycles. The van der Waals surface area contributed by atoms with Gasteiger partial charge >= 0.3 is 0 Å². The first kappa shape index (κ1) is 20.5. The normalized spacial score (nSPS) is 28.4. The van der Waals surface area contributed by atoms with Gasteiger partial charge in [-0.1, -0.05) is 6.92 Å². The number of hydrogen-bond donors (Lipinski definition) is 1. The first-order valence-electron chi connectivity index (χ1n) is 12.0. The van der Waals surface area contributed by atoms with Gasteiger partial charge in [0, 0.05) is 17.7 Å². The summed E-state index contributed by atoms with van der Waals surface area (Å²) in [6.45, 7) is 2.13. The van der Waals surface area contributed by atoms with Crippen LogP contribution in [0.3, 0.4) is 0 Å². The number of aryl methyl sites for hydroxylation is 1. The quantitative estimate of drug-likeness (QED) is 0.404. The molecule has 4 nitrogen and oxygen atoms in total. The monoisotopic (exact) mass is 492 g/mol. The van der Waals surface area contributed by atoms with Crippen LogP contribution in [0.15, 0.2) is 45.3 Å². The van der Waals surface area contributed by atoms with Crippen molar-refractivity contribution < 1.29 is 9.21 Å². The lowest BCUT2D eigenvalue weighted by molar-refractivity contribution is -0.124. The van der Waals surface area contributed by atoms with Crippen LogP contribution in [0.4, 0.5) is 5.69 Å². The number of amides is 1. The summed E-state index contributed by atoms with van der Waals surface area (Å²) in [5, 5.41) is 3.15. The SMILES string of the molecule is CCc1cc(Br)c2oc(-c3ccc(NC(=O)CC45CC6CC(CC(C6)C4)C5)cc3)nc2c1. The minimum atomic E-state index is 0.164. The third kappa shape index (κ3) is 3.68. The second-order valence-electron chi connectivity index (χ2n) is 10.5. The van der Waals surface area contributed by atoms with Crippen LogP contribution in [0.5, 0.6) is 0 Å². The number of nitrogens with zero attached hydrogens (tertiary/aromatic N) is 1. The molecule has 0 spiro atoms. The van der Waals surface area contributed by atoms with Crippen LogP contribution in [-0.4, -0.2) is 10.9 Å². The van der Waals surface area contributed by atoms with Gasteiger partial charge in [-0.25, -0.2) is 4.98 Å². The number of anilines is 1.